The van der Waals surface area contributed by atoms with Gasteiger partial charge in [-0.15, -0.1) is 0 Å². The molecule has 3 nitrogen and oxygen atoms in total. The van der Waals surface area contributed by atoms with E-state index in [2.05, 4.69) is 9.97 Å². The number of carbonyl (C=O) groups excluding carboxylic acids is 1. The van der Waals surface area contributed by atoms with E-state index in [9.17, 15) is 9.18 Å². The lowest BCUT2D eigenvalue weighted by molar-refractivity contribution is -0.120. The minimum atomic E-state index is -0.211. The molecule has 2 heterocycles. The Morgan fingerprint density at radius 3 is 2.72 bits per heavy atom. The molecule has 2 fully saturated rings. The van der Waals surface area contributed by atoms with Crippen molar-refractivity contribution in [3.8, 4) is 0 Å². The number of halogens is 1. The van der Waals surface area contributed by atoms with Crippen molar-refractivity contribution >= 4 is 16.7 Å². The number of carbonyl (C=O) groups is 1. The highest BCUT2D eigenvalue weighted by atomic mass is 19.1. The molecule has 2 aliphatic carbocycles. The topological polar surface area (TPSA) is 42.9 Å². The molecule has 1 aromatic carbocycles. The fraction of sp³-hybridized carbons (Fsp3) is 0.400. The molecule has 2 aliphatic rings. The fourth-order valence-electron chi connectivity index (χ4n) is 5.26. The van der Waals surface area contributed by atoms with Crippen LogP contribution in [0, 0.1) is 24.1 Å². The number of benzene rings is 1. The first-order chi connectivity index (χ1) is 14.0. The van der Waals surface area contributed by atoms with Crippen molar-refractivity contribution in [2.24, 2.45) is 11.3 Å². The van der Waals surface area contributed by atoms with E-state index < -0.39 is 0 Å². The van der Waals surface area contributed by atoms with Crippen LogP contribution in [0.25, 0.3) is 10.9 Å². The molecule has 0 radical (unpaired) electrons. The number of aromatic nitrogens is 2. The first kappa shape index (κ1) is 18.4. The van der Waals surface area contributed by atoms with Crippen LogP contribution in [0.2, 0.25) is 0 Å². The van der Waals surface area contributed by atoms with Gasteiger partial charge >= 0.3 is 0 Å². The van der Waals surface area contributed by atoms with Crippen LogP contribution >= 0.6 is 0 Å². The van der Waals surface area contributed by atoms with Crippen LogP contribution in [-0.2, 0) is 11.2 Å². The number of Topliss-reactive ketones (excluding diaryl/α,β-unsaturated/α-hetero) is 1. The van der Waals surface area contributed by atoms with Gasteiger partial charge in [0.25, 0.3) is 0 Å². The summed E-state index contributed by atoms with van der Waals surface area (Å²) in [5.41, 5.74) is 4.25. The van der Waals surface area contributed by atoms with E-state index >= 15 is 0 Å². The smallest absolute Gasteiger partial charge is 0.142 e. The Labute approximate surface area is 170 Å². The van der Waals surface area contributed by atoms with E-state index in [-0.39, 0.29) is 17.2 Å². The van der Waals surface area contributed by atoms with Crippen LogP contribution in [0.5, 0.6) is 0 Å². The van der Waals surface area contributed by atoms with Crippen molar-refractivity contribution in [1.29, 1.82) is 0 Å². The molecule has 0 unspecified atom stereocenters. The second-order valence-electron chi connectivity index (χ2n) is 8.92. The largest absolute Gasteiger partial charge is 0.299 e. The Bertz CT molecular complexity index is 1070. The summed E-state index contributed by atoms with van der Waals surface area (Å²) in [6.45, 7) is 2.01. The maximum atomic E-state index is 13.8. The molecule has 0 aliphatic heterocycles. The number of hydrogen-bond acceptors (Lipinski definition) is 3. The standard InChI is InChI=1S/C25H25FN2O/c1-16-2-4-19(28-15-16)13-24(29)22-14-25(22)9-6-17(7-10-25)20-8-11-27-23-5-3-18(26)12-21(20)23/h2-5,8,11-12,15,17,22H,6-7,9-10,13-14H2,1H3/t17?,22-,25?/m1/s1. The SMILES string of the molecule is Cc1ccc(CC(=O)[C@H]2CC23CCC(c2ccnc4ccc(F)cc24)CC3)nc1. The highest BCUT2D eigenvalue weighted by Crippen LogP contribution is 2.63. The molecule has 0 amide bonds. The zero-order valence-electron chi connectivity index (χ0n) is 16.7. The quantitative estimate of drug-likeness (QED) is 0.588. The van der Waals surface area contributed by atoms with Gasteiger partial charge in [-0.1, -0.05) is 6.07 Å². The third-order valence-electron chi connectivity index (χ3n) is 7.06. The van der Waals surface area contributed by atoms with Gasteiger partial charge in [0.15, 0.2) is 0 Å². The summed E-state index contributed by atoms with van der Waals surface area (Å²) < 4.78 is 13.8. The van der Waals surface area contributed by atoms with E-state index in [1.54, 1.807) is 12.1 Å². The maximum Gasteiger partial charge on any atom is 0.142 e. The Morgan fingerprint density at radius 2 is 1.97 bits per heavy atom. The average Bonchev–Trinajstić information content (AvgIpc) is 3.43. The second kappa shape index (κ2) is 7.01. The molecular formula is C25H25FN2O. The summed E-state index contributed by atoms with van der Waals surface area (Å²) in [5.74, 6) is 0.744. The number of hydrogen-bond donors (Lipinski definition) is 0. The van der Waals surface area contributed by atoms with Crippen molar-refractivity contribution in [2.75, 3.05) is 0 Å². The lowest BCUT2D eigenvalue weighted by atomic mass is 9.74. The Kier molecular flexibility index (Phi) is 4.45. The third kappa shape index (κ3) is 3.45. The molecule has 2 saturated carbocycles. The number of ketones is 1. The number of pyridine rings is 2. The first-order valence-electron chi connectivity index (χ1n) is 10.5. The number of fused-ring (bicyclic) bond motifs is 1. The summed E-state index contributed by atoms with van der Waals surface area (Å²) in [6, 6.07) is 10.9. The van der Waals surface area contributed by atoms with Gasteiger partial charge in [-0.3, -0.25) is 14.8 Å². The van der Waals surface area contributed by atoms with Crippen LogP contribution in [0.3, 0.4) is 0 Å². The van der Waals surface area contributed by atoms with E-state index in [1.807, 2.05) is 37.5 Å². The van der Waals surface area contributed by atoms with Gasteiger partial charge in [-0.25, -0.2) is 4.39 Å². The zero-order chi connectivity index (χ0) is 20.0. The van der Waals surface area contributed by atoms with Gasteiger partial charge in [0, 0.05) is 35.8 Å². The number of rotatable bonds is 4. The molecule has 29 heavy (non-hydrogen) atoms. The molecule has 1 spiro atoms. The zero-order valence-corrected chi connectivity index (χ0v) is 16.7. The minimum Gasteiger partial charge on any atom is -0.299 e. The van der Waals surface area contributed by atoms with Gasteiger partial charge in [-0.05, 0) is 91.8 Å². The molecule has 4 heteroatoms. The Morgan fingerprint density at radius 1 is 1.14 bits per heavy atom. The minimum absolute atomic E-state index is 0.193. The number of nitrogens with zero attached hydrogens (tertiary/aromatic N) is 2. The maximum absolute atomic E-state index is 13.8. The molecule has 1 atom stereocenters. The normalized spacial score (nSPS) is 26.0. The lowest BCUT2D eigenvalue weighted by Gasteiger charge is -2.30. The van der Waals surface area contributed by atoms with E-state index in [0.29, 0.717) is 18.1 Å². The van der Waals surface area contributed by atoms with E-state index in [0.717, 1.165) is 54.3 Å². The Hall–Kier alpha value is -2.62. The molecule has 0 N–H and O–H groups in total. The van der Waals surface area contributed by atoms with Gasteiger partial charge in [0.1, 0.15) is 11.6 Å². The van der Waals surface area contributed by atoms with E-state index in [4.69, 9.17) is 0 Å². The van der Waals surface area contributed by atoms with Crippen molar-refractivity contribution < 1.29 is 9.18 Å². The summed E-state index contributed by atoms with van der Waals surface area (Å²) in [7, 11) is 0. The highest BCUT2D eigenvalue weighted by molar-refractivity contribution is 5.86. The van der Waals surface area contributed by atoms with Crippen molar-refractivity contribution in [3.05, 3.63) is 71.4 Å². The molecule has 0 saturated heterocycles. The van der Waals surface area contributed by atoms with Crippen LogP contribution in [-0.4, -0.2) is 15.8 Å². The van der Waals surface area contributed by atoms with Gasteiger partial charge in [0.05, 0.1) is 5.52 Å². The fourth-order valence-corrected chi connectivity index (χ4v) is 5.26. The van der Waals surface area contributed by atoms with Crippen LogP contribution < -0.4 is 0 Å². The van der Waals surface area contributed by atoms with Crippen molar-refractivity contribution in [1.82, 2.24) is 9.97 Å². The molecular weight excluding hydrogens is 363 g/mol. The first-order valence-corrected chi connectivity index (χ1v) is 10.5. The summed E-state index contributed by atoms with van der Waals surface area (Å²) in [4.78, 5) is 21.6. The molecule has 3 aromatic rings. The predicted molar refractivity (Wildman–Crippen MR) is 111 cm³/mol. The monoisotopic (exact) mass is 388 g/mol. The summed E-state index contributed by atoms with van der Waals surface area (Å²) in [5, 5.41) is 0.933. The Balaban J connectivity index is 1.26. The average molecular weight is 388 g/mol. The van der Waals surface area contributed by atoms with Crippen LogP contribution in [0.4, 0.5) is 4.39 Å². The highest BCUT2D eigenvalue weighted by Gasteiger charge is 2.57. The molecule has 0 bridgehead atoms. The van der Waals surface area contributed by atoms with Crippen molar-refractivity contribution in [2.45, 2.75) is 51.4 Å². The number of aryl methyl sites for hydroxylation is 1. The lowest BCUT2D eigenvalue weighted by Crippen LogP contribution is -2.20. The van der Waals surface area contributed by atoms with Crippen LogP contribution in [0.1, 0.15) is 54.8 Å². The summed E-state index contributed by atoms with van der Waals surface area (Å²) in [6.07, 6.45) is 9.41. The van der Waals surface area contributed by atoms with Crippen molar-refractivity contribution in [3.63, 3.8) is 0 Å². The molecule has 2 aromatic heterocycles. The summed E-state index contributed by atoms with van der Waals surface area (Å²) >= 11 is 0. The van der Waals surface area contributed by atoms with Gasteiger partial charge < -0.3 is 0 Å². The van der Waals surface area contributed by atoms with Gasteiger partial charge in [-0.2, -0.15) is 0 Å². The van der Waals surface area contributed by atoms with Crippen LogP contribution in [0.15, 0.2) is 48.8 Å². The molecule has 5 rings (SSSR count). The third-order valence-corrected chi connectivity index (χ3v) is 7.06. The predicted octanol–water partition coefficient (Wildman–Crippen LogP) is 5.55. The van der Waals surface area contributed by atoms with E-state index in [1.165, 1.54) is 11.6 Å². The second-order valence-corrected chi connectivity index (χ2v) is 8.92. The molecule has 148 valence electrons. The van der Waals surface area contributed by atoms with Gasteiger partial charge in [0.2, 0.25) is 0 Å².